The molecule has 0 aliphatic heterocycles. The Kier molecular flexibility index (Phi) is 6.43. The molecule has 4 heteroatoms. The largest absolute Gasteiger partial charge is 0.190 e. The molecule has 0 saturated carbocycles. The van der Waals surface area contributed by atoms with Gasteiger partial charge in [-0.2, -0.15) is 0 Å². The second kappa shape index (κ2) is 4.08. The third-order valence-corrected chi connectivity index (χ3v) is 1.20. The van der Waals surface area contributed by atoms with Crippen molar-refractivity contribution in [1.29, 1.82) is 0 Å². The molecule has 0 atom stereocenters. The monoisotopic (exact) mass is 182 g/mol. The Bertz CT molecular complexity index is 36.7. The Morgan fingerprint density at radius 3 is 1.43 bits per heavy atom. The van der Waals surface area contributed by atoms with E-state index in [1.165, 1.54) is 0 Å². The summed E-state index contributed by atoms with van der Waals surface area (Å²) in [7, 11) is 0. The first kappa shape index (κ1) is 11.0. The minimum absolute atomic E-state index is 0. The lowest BCUT2D eigenvalue weighted by atomic mass is 10.6. The summed E-state index contributed by atoms with van der Waals surface area (Å²) in [5, 5.41) is 0. The van der Waals surface area contributed by atoms with Crippen molar-refractivity contribution < 1.29 is 0 Å². The molecule has 0 rings (SSSR count). The van der Waals surface area contributed by atoms with E-state index in [1.807, 2.05) is 6.92 Å². The van der Waals surface area contributed by atoms with E-state index in [2.05, 4.69) is 0 Å². The Labute approximate surface area is 64.5 Å². The van der Waals surface area contributed by atoms with E-state index in [0.717, 1.165) is 0 Å². The summed E-state index contributed by atoms with van der Waals surface area (Å²) < 4.78 is -1.04. The van der Waals surface area contributed by atoms with Crippen LogP contribution in [0.5, 0.6) is 0 Å². The van der Waals surface area contributed by atoms with Crippen LogP contribution in [0.1, 0.15) is 13.3 Å². The molecule has 0 fully saturated rings. The van der Waals surface area contributed by atoms with Crippen LogP contribution in [0.15, 0.2) is 0 Å². The minimum atomic E-state index is -1.04. The number of alkyl halides is 3. The number of hydrogen-bond acceptors (Lipinski definition) is 0. The molecule has 0 aliphatic carbocycles. The molecule has 0 radical (unpaired) electrons. The zero-order valence-corrected chi connectivity index (χ0v) is 6.83. The van der Waals surface area contributed by atoms with Gasteiger partial charge < -0.3 is 0 Å². The maximum Gasteiger partial charge on any atom is 0.190 e. The van der Waals surface area contributed by atoms with Crippen LogP contribution in [0.25, 0.3) is 0 Å². The molecule has 0 spiro atoms. The van der Waals surface area contributed by atoms with Gasteiger partial charge in [0, 0.05) is 0 Å². The van der Waals surface area contributed by atoms with Gasteiger partial charge in [-0.15, -0.1) is 12.4 Å². The fraction of sp³-hybridized carbons (Fsp3) is 1.00. The van der Waals surface area contributed by atoms with Gasteiger partial charge in [-0.25, -0.2) is 0 Å². The van der Waals surface area contributed by atoms with Crippen molar-refractivity contribution in [2.24, 2.45) is 0 Å². The lowest BCUT2D eigenvalue weighted by Crippen LogP contribution is -1.95. The highest BCUT2D eigenvalue weighted by Gasteiger charge is 2.14. The van der Waals surface area contributed by atoms with Crippen molar-refractivity contribution in [1.82, 2.24) is 0 Å². The molecular weight excluding hydrogens is 178 g/mol. The van der Waals surface area contributed by atoms with Crippen molar-refractivity contribution in [2.75, 3.05) is 0 Å². The van der Waals surface area contributed by atoms with Crippen LogP contribution in [0.3, 0.4) is 0 Å². The van der Waals surface area contributed by atoms with Crippen molar-refractivity contribution in [3.8, 4) is 0 Å². The molecule has 0 unspecified atom stereocenters. The molecule has 0 aromatic carbocycles. The molecule has 7 heavy (non-hydrogen) atoms. The zero-order valence-electron chi connectivity index (χ0n) is 3.75. The van der Waals surface area contributed by atoms with E-state index in [9.17, 15) is 0 Å². The summed E-state index contributed by atoms with van der Waals surface area (Å²) in [4.78, 5) is 0. The average molecular weight is 184 g/mol. The predicted molar refractivity (Wildman–Crippen MR) is 37.8 cm³/mol. The summed E-state index contributed by atoms with van der Waals surface area (Å²) >= 11 is 15.7. The Morgan fingerprint density at radius 2 is 1.43 bits per heavy atom. The van der Waals surface area contributed by atoms with E-state index in [0.29, 0.717) is 6.42 Å². The maximum absolute atomic E-state index is 5.25. The Morgan fingerprint density at radius 1 is 1.29 bits per heavy atom. The maximum atomic E-state index is 5.25. The molecule has 0 N–H and O–H groups in total. The van der Waals surface area contributed by atoms with Gasteiger partial charge in [0.2, 0.25) is 0 Å². The molecule has 0 amide bonds. The summed E-state index contributed by atoms with van der Waals surface area (Å²) in [5.41, 5.74) is 0. The summed E-state index contributed by atoms with van der Waals surface area (Å²) in [6, 6.07) is 0. The van der Waals surface area contributed by atoms with Crippen LogP contribution in [0.2, 0.25) is 0 Å². The highest BCUT2D eigenvalue weighted by molar-refractivity contribution is 6.67. The fourth-order valence-corrected chi connectivity index (χ4v) is 0. The molecule has 0 heterocycles. The SMILES string of the molecule is CCC(Cl)(Cl)Cl.Cl. The van der Waals surface area contributed by atoms with E-state index in [-0.39, 0.29) is 12.4 Å². The second-order valence-electron chi connectivity index (χ2n) is 0.969. The second-order valence-corrected chi connectivity index (χ2v) is 3.48. The molecule has 46 valence electrons. The normalized spacial score (nSPS) is 10.3. The van der Waals surface area contributed by atoms with Gasteiger partial charge in [0.15, 0.2) is 3.79 Å². The molecule has 0 aromatic heterocycles. The molecular formula is C3H6Cl4. The standard InChI is InChI=1S/C3H5Cl3.ClH/c1-2-3(4,5)6;/h2H2,1H3;1H. The van der Waals surface area contributed by atoms with Gasteiger partial charge in [0.25, 0.3) is 0 Å². The molecule has 0 saturated heterocycles. The minimum Gasteiger partial charge on any atom is -0.147 e. The summed E-state index contributed by atoms with van der Waals surface area (Å²) in [5.74, 6) is 0. The van der Waals surface area contributed by atoms with Crippen molar-refractivity contribution in [3.63, 3.8) is 0 Å². The van der Waals surface area contributed by atoms with Crippen LogP contribution >= 0.6 is 47.2 Å². The first-order valence-corrected chi connectivity index (χ1v) is 2.76. The van der Waals surface area contributed by atoms with E-state index in [4.69, 9.17) is 34.8 Å². The third kappa shape index (κ3) is 11.0. The van der Waals surface area contributed by atoms with Gasteiger partial charge in [-0.1, -0.05) is 41.7 Å². The van der Waals surface area contributed by atoms with Gasteiger partial charge in [0.05, 0.1) is 0 Å². The molecule has 0 bridgehead atoms. The Balaban J connectivity index is 0. The lowest BCUT2D eigenvalue weighted by Gasteiger charge is -2.02. The molecule has 0 aromatic rings. The topological polar surface area (TPSA) is 0 Å². The number of hydrogen-bond donors (Lipinski definition) is 0. The third-order valence-electron chi connectivity index (χ3n) is 0.401. The summed E-state index contributed by atoms with van der Waals surface area (Å²) in [6.45, 7) is 1.81. The van der Waals surface area contributed by atoms with Crippen molar-refractivity contribution >= 4 is 47.2 Å². The fourth-order valence-electron chi connectivity index (χ4n) is 0. The molecule has 0 nitrogen and oxygen atoms in total. The van der Waals surface area contributed by atoms with Crippen LogP contribution < -0.4 is 0 Å². The van der Waals surface area contributed by atoms with Crippen LogP contribution in [-0.2, 0) is 0 Å². The first-order chi connectivity index (χ1) is 2.56. The highest BCUT2D eigenvalue weighted by Crippen LogP contribution is 2.28. The average Bonchev–Trinajstić information content (AvgIpc) is 1.35. The van der Waals surface area contributed by atoms with Crippen LogP contribution in [0.4, 0.5) is 0 Å². The quantitative estimate of drug-likeness (QED) is 0.507. The lowest BCUT2D eigenvalue weighted by molar-refractivity contribution is 0.974. The number of halogens is 4. The Hall–Kier alpha value is 1.16. The number of rotatable bonds is 0. The van der Waals surface area contributed by atoms with Crippen LogP contribution in [-0.4, -0.2) is 3.79 Å². The van der Waals surface area contributed by atoms with E-state index < -0.39 is 3.79 Å². The van der Waals surface area contributed by atoms with Gasteiger partial charge >= 0.3 is 0 Å². The van der Waals surface area contributed by atoms with Crippen molar-refractivity contribution in [3.05, 3.63) is 0 Å². The smallest absolute Gasteiger partial charge is 0.147 e. The predicted octanol–water partition coefficient (Wildman–Crippen LogP) is 3.19. The summed E-state index contributed by atoms with van der Waals surface area (Å²) in [6.07, 6.45) is 0.567. The van der Waals surface area contributed by atoms with Gasteiger partial charge in [-0.3, -0.25) is 0 Å². The van der Waals surface area contributed by atoms with Crippen LogP contribution in [0, 0.1) is 0 Å². The first-order valence-electron chi connectivity index (χ1n) is 1.63. The van der Waals surface area contributed by atoms with E-state index in [1.54, 1.807) is 0 Å². The van der Waals surface area contributed by atoms with Gasteiger partial charge in [-0.05, 0) is 6.42 Å². The van der Waals surface area contributed by atoms with E-state index >= 15 is 0 Å². The van der Waals surface area contributed by atoms with Gasteiger partial charge in [0.1, 0.15) is 0 Å². The van der Waals surface area contributed by atoms with Crippen molar-refractivity contribution in [2.45, 2.75) is 17.1 Å². The zero-order chi connectivity index (χ0) is 5.21. The molecule has 0 aliphatic rings. The highest BCUT2D eigenvalue weighted by atomic mass is 35.6.